The summed E-state index contributed by atoms with van der Waals surface area (Å²) in [4.78, 5) is 12.0. The Kier molecular flexibility index (Phi) is 3.88. The molecule has 0 spiro atoms. The minimum Gasteiger partial charge on any atom is -0.398 e. The van der Waals surface area contributed by atoms with Gasteiger partial charge in [-0.2, -0.15) is 13.2 Å². The predicted molar refractivity (Wildman–Crippen MR) is 75.0 cm³/mol. The lowest BCUT2D eigenvalue weighted by Crippen LogP contribution is -2.15. The highest BCUT2D eigenvalue weighted by atomic mass is 19.4. The SMILES string of the molecule is Cc1ccc(NC(=O)c2ccc(N)c(C(F)(F)F)c2)cc1. The number of amides is 1. The van der Waals surface area contributed by atoms with Crippen molar-refractivity contribution in [1.82, 2.24) is 0 Å². The second-order valence-corrected chi connectivity index (χ2v) is 4.62. The standard InChI is InChI=1S/C15H13F3N2O/c1-9-2-5-11(6-3-9)20-14(21)10-4-7-13(19)12(8-10)15(16,17)18/h2-8H,19H2,1H3,(H,20,21). The van der Waals surface area contributed by atoms with E-state index in [2.05, 4.69) is 5.32 Å². The smallest absolute Gasteiger partial charge is 0.398 e. The van der Waals surface area contributed by atoms with Crippen LogP contribution in [0.5, 0.6) is 0 Å². The van der Waals surface area contributed by atoms with Crippen molar-refractivity contribution in [2.75, 3.05) is 11.1 Å². The number of aryl methyl sites for hydroxylation is 1. The summed E-state index contributed by atoms with van der Waals surface area (Å²) in [5.41, 5.74) is 5.29. The van der Waals surface area contributed by atoms with Gasteiger partial charge in [0.1, 0.15) is 0 Å². The Morgan fingerprint density at radius 1 is 1.10 bits per heavy atom. The number of carbonyl (C=O) groups is 1. The molecule has 0 aliphatic carbocycles. The first-order valence-corrected chi connectivity index (χ1v) is 6.12. The number of hydrogen-bond acceptors (Lipinski definition) is 2. The number of hydrogen-bond donors (Lipinski definition) is 2. The Morgan fingerprint density at radius 2 is 1.71 bits per heavy atom. The fourth-order valence-corrected chi connectivity index (χ4v) is 1.78. The molecule has 0 fully saturated rings. The maximum absolute atomic E-state index is 12.8. The second kappa shape index (κ2) is 5.47. The Bertz CT molecular complexity index is 664. The first-order chi connectivity index (χ1) is 9.77. The van der Waals surface area contributed by atoms with E-state index in [1.807, 2.05) is 6.92 Å². The highest BCUT2D eigenvalue weighted by Gasteiger charge is 2.33. The third-order valence-electron chi connectivity index (χ3n) is 2.93. The van der Waals surface area contributed by atoms with Crippen molar-refractivity contribution >= 4 is 17.3 Å². The molecule has 0 saturated heterocycles. The van der Waals surface area contributed by atoms with Crippen molar-refractivity contribution in [3.8, 4) is 0 Å². The maximum atomic E-state index is 12.8. The number of rotatable bonds is 2. The molecule has 6 heteroatoms. The molecule has 1 amide bonds. The molecule has 0 atom stereocenters. The first kappa shape index (κ1) is 14.9. The Hall–Kier alpha value is -2.50. The fraction of sp³-hybridized carbons (Fsp3) is 0.133. The van der Waals surface area contributed by atoms with Crippen molar-refractivity contribution in [2.24, 2.45) is 0 Å². The highest BCUT2D eigenvalue weighted by Crippen LogP contribution is 2.34. The van der Waals surface area contributed by atoms with Crippen LogP contribution in [0.4, 0.5) is 24.5 Å². The van der Waals surface area contributed by atoms with E-state index in [1.165, 1.54) is 6.07 Å². The van der Waals surface area contributed by atoms with Crippen molar-refractivity contribution in [3.05, 3.63) is 59.2 Å². The summed E-state index contributed by atoms with van der Waals surface area (Å²) < 4.78 is 38.3. The summed E-state index contributed by atoms with van der Waals surface area (Å²) in [5, 5.41) is 2.54. The number of carbonyl (C=O) groups excluding carboxylic acids is 1. The first-order valence-electron chi connectivity index (χ1n) is 6.12. The van der Waals surface area contributed by atoms with Crippen LogP contribution >= 0.6 is 0 Å². The summed E-state index contributed by atoms with van der Waals surface area (Å²) in [6.45, 7) is 1.89. The van der Waals surface area contributed by atoms with Crippen LogP contribution in [0, 0.1) is 6.92 Å². The van der Waals surface area contributed by atoms with Gasteiger partial charge >= 0.3 is 6.18 Å². The van der Waals surface area contributed by atoms with E-state index < -0.39 is 23.3 Å². The Balaban J connectivity index is 2.25. The van der Waals surface area contributed by atoms with Gasteiger partial charge in [0.25, 0.3) is 5.91 Å². The molecule has 0 aliphatic rings. The zero-order valence-electron chi connectivity index (χ0n) is 11.2. The molecule has 0 bridgehead atoms. The lowest BCUT2D eigenvalue weighted by molar-refractivity contribution is -0.136. The summed E-state index contributed by atoms with van der Waals surface area (Å²) in [5.74, 6) is -0.621. The fourth-order valence-electron chi connectivity index (χ4n) is 1.78. The van der Waals surface area contributed by atoms with Crippen LogP contribution in [-0.4, -0.2) is 5.91 Å². The lowest BCUT2D eigenvalue weighted by atomic mass is 10.1. The summed E-state index contributed by atoms with van der Waals surface area (Å²) in [6, 6.07) is 10.0. The van der Waals surface area contributed by atoms with Crippen molar-refractivity contribution < 1.29 is 18.0 Å². The largest absolute Gasteiger partial charge is 0.418 e. The molecular formula is C15H13F3N2O. The molecule has 2 aromatic carbocycles. The van der Waals surface area contributed by atoms with Gasteiger partial charge in [-0.25, -0.2) is 0 Å². The van der Waals surface area contributed by atoms with Gasteiger partial charge in [0, 0.05) is 16.9 Å². The summed E-state index contributed by atoms with van der Waals surface area (Å²) in [6.07, 6.45) is -4.59. The van der Waals surface area contributed by atoms with Crippen molar-refractivity contribution in [2.45, 2.75) is 13.1 Å². The highest BCUT2D eigenvalue weighted by molar-refractivity contribution is 6.04. The molecule has 0 saturated carbocycles. The van der Waals surface area contributed by atoms with Crippen LogP contribution in [0.25, 0.3) is 0 Å². The number of alkyl halides is 3. The van der Waals surface area contributed by atoms with Gasteiger partial charge < -0.3 is 11.1 Å². The zero-order valence-corrected chi connectivity index (χ0v) is 11.2. The van der Waals surface area contributed by atoms with Crippen LogP contribution in [0.15, 0.2) is 42.5 Å². The minimum atomic E-state index is -4.59. The monoisotopic (exact) mass is 294 g/mol. The van der Waals surface area contributed by atoms with Gasteiger partial charge in [0.2, 0.25) is 0 Å². The van der Waals surface area contributed by atoms with E-state index in [0.717, 1.165) is 17.7 Å². The molecule has 0 aromatic heterocycles. The van der Waals surface area contributed by atoms with E-state index >= 15 is 0 Å². The molecule has 110 valence electrons. The van der Waals surface area contributed by atoms with E-state index in [0.29, 0.717) is 5.69 Å². The van der Waals surface area contributed by atoms with E-state index in [-0.39, 0.29) is 5.56 Å². The van der Waals surface area contributed by atoms with Crippen LogP contribution in [-0.2, 0) is 6.18 Å². The van der Waals surface area contributed by atoms with Crippen LogP contribution in [0.3, 0.4) is 0 Å². The van der Waals surface area contributed by atoms with Crippen molar-refractivity contribution in [3.63, 3.8) is 0 Å². The average molecular weight is 294 g/mol. The predicted octanol–water partition coefficient (Wildman–Crippen LogP) is 3.85. The van der Waals surface area contributed by atoms with E-state index in [4.69, 9.17) is 5.73 Å². The van der Waals surface area contributed by atoms with Crippen LogP contribution in [0.2, 0.25) is 0 Å². The number of anilines is 2. The van der Waals surface area contributed by atoms with Crippen LogP contribution < -0.4 is 11.1 Å². The van der Waals surface area contributed by atoms with Gasteiger partial charge in [0.05, 0.1) is 5.56 Å². The Labute approximate surface area is 119 Å². The van der Waals surface area contributed by atoms with Gasteiger partial charge in [-0.3, -0.25) is 4.79 Å². The van der Waals surface area contributed by atoms with Gasteiger partial charge in [-0.15, -0.1) is 0 Å². The molecule has 0 unspecified atom stereocenters. The quantitative estimate of drug-likeness (QED) is 0.827. The van der Waals surface area contributed by atoms with Crippen molar-refractivity contribution in [1.29, 1.82) is 0 Å². The maximum Gasteiger partial charge on any atom is 0.418 e. The average Bonchev–Trinajstić information content (AvgIpc) is 2.40. The number of nitrogens with one attached hydrogen (secondary N) is 1. The van der Waals surface area contributed by atoms with Gasteiger partial charge in [-0.1, -0.05) is 17.7 Å². The van der Waals surface area contributed by atoms with Gasteiger partial charge in [0.15, 0.2) is 0 Å². The number of nitrogen functional groups attached to an aromatic ring is 1. The number of nitrogens with two attached hydrogens (primary N) is 1. The molecule has 0 radical (unpaired) electrons. The molecule has 2 aromatic rings. The molecule has 3 N–H and O–H groups in total. The summed E-state index contributed by atoms with van der Waals surface area (Å²) >= 11 is 0. The third-order valence-corrected chi connectivity index (χ3v) is 2.93. The molecule has 21 heavy (non-hydrogen) atoms. The molecule has 3 nitrogen and oxygen atoms in total. The van der Waals surface area contributed by atoms with E-state index in [1.54, 1.807) is 24.3 Å². The third kappa shape index (κ3) is 3.53. The number of halogens is 3. The second-order valence-electron chi connectivity index (χ2n) is 4.62. The molecule has 0 heterocycles. The topological polar surface area (TPSA) is 55.1 Å². The molecule has 0 aliphatic heterocycles. The molecule has 2 rings (SSSR count). The van der Waals surface area contributed by atoms with E-state index in [9.17, 15) is 18.0 Å². The van der Waals surface area contributed by atoms with Gasteiger partial charge in [-0.05, 0) is 37.3 Å². The zero-order chi connectivity index (χ0) is 15.6. The Morgan fingerprint density at radius 3 is 2.29 bits per heavy atom. The summed E-state index contributed by atoms with van der Waals surface area (Å²) in [7, 11) is 0. The normalized spacial score (nSPS) is 11.2. The lowest BCUT2D eigenvalue weighted by Gasteiger charge is -2.12. The van der Waals surface area contributed by atoms with Crippen LogP contribution in [0.1, 0.15) is 21.5 Å². The minimum absolute atomic E-state index is 0.0999. The molecular weight excluding hydrogens is 281 g/mol. The number of benzene rings is 2.